The standard InChI is InChI=1S/C33H23O4P/c1-20-10-7-11-21(2)32(20)38-36-28-18-8-16-26-30(28)33(22-12-3-5-14-24(22)34-26)23-13-4-6-15-25(23)35-27-17-9-19-29(37-38)31(27)33/h3-19H,1-2H3. The zero-order valence-corrected chi connectivity index (χ0v) is 21.8. The van der Waals surface area contributed by atoms with Crippen molar-refractivity contribution in [3.63, 3.8) is 0 Å². The molecule has 5 aromatic rings. The van der Waals surface area contributed by atoms with Crippen LogP contribution in [-0.2, 0) is 5.41 Å². The monoisotopic (exact) mass is 514 g/mol. The number of hydrogen-bond donors (Lipinski definition) is 0. The second-order valence-corrected chi connectivity index (χ2v) is 11.2. The summed E-state index contributed by atoms with van der Waals surface area (Å²) in [5, 5.41) is 1.08. The number of aryl methyl sites for hydroxylation is 2. The Bertz CT molecular complexity index is 1650. The summed E-state index contributed by atoms with van der Waals surface area (Å²) in [7, 11) is -1.50. The lowest BCUT2D eigenvalue weighted by Crippen LogP contribution is -2.38. The average molecular weight is 515 g/mol. The van der Waals surface area contributed by atoms with Crippen molar-refractivity contribution < 1.29 is 18.5 Å². The van der Waals surface area contributed by atoms with Crippen molar-refractivity contribution in [2.45, 2.75) is 19.3 Å². The summed E-state index contributed by atoms with van der Waals surface area (Å²) in [6.07, 6.45) is 0. The van der Waals surface area contributed by atoms with Crippen LogP contribution in [0.3, 0.4) is 0 Å². The Labute approximate surface area is 222 Å². The summed E-state index contributed by atoms with van der Waals surface area (Å²) in [5.41, 5.74) is 5.56. The molecule has 0 saturated carbocycles. The molecule has 3 aliphatic heterocycles. The van der Waals surface area contributed by atoms with Gasteiger partial charge in [-0.3, -0.25) is 0 Å². The van der Waals surface area contributed by atoms with Gasteiger partial charge in [0.1, 0.15) is 34.5 Å². The van der Waals surface area contributed by atoms with E-state index in [2.05, 4.69) is 56.3 Å². The number of benzene rings is 5. The van der Waals surface area contributed by atoms with E-state index in [1.165, 1.54) is 0 Å². The van der Waals surface area contributed by atoms with E-state index in [0.29, 0.717) is 0 Å². The van der Waals surface area contributed by atoms with Gasteiger partial charge in [0.2, 0.25) is 0 Å². The van der Waals surface area contributed by atoms with E-state index in [-0.39, 0.29) is 0 Å². The number of rotatable bonds is 1. The molecule has 0 N–H and O–H groups in total. The maximum atomic E-state index is 6.93. The third kappa shape index (κ3) is 2.78. The summed E-state index contributed by atoms with van der Waals surface area (Å²) in [4.78, 5) is 0. The predicted octanol–water partition coefficient (Wildman–Crippen LogP) is 8.31. The molecule has 1 spiro atoms. The molecule has 0 fully saturated rings. The van der Waals surface area contributed by atoms with E-state index in [1.807, 2.05) is 60.7 Å². The van der Waals surface area contributed by atoms with Crippen molar-refractivity contribution in [3.05, 3.63) is 137 Å². The molecule has 0 aliphatic carbocycles. The lowest BCUT2D eigenvalue weighted by atomic mass is 9.62. The Morgan fingerprint density at radius 2 is 0.895 bits per heavy atom. The first kappa shape index (κ1) is 21.8. The van der Waals surface area contributed by atoms with Crippen LogP contribution in [0.4, 0.5) is 0 Å². The highest BCUT2D eigenvalue weighted by atomic mass is 31.2. The van der Waals surface area contributed by atoms with Crippen LogP contribution < -0.4 is 23.8 Å². The van der Waals surface area contributed by atoms with Crippen molar-refractivity contribution >= 4 is 13.7 Å². The van der Waals surface area contributed by atoms with Crippen molar-refractivity contribution in [3.8, 4) is 34.5 Å². The fraction of sp³-hybridized carbons (Fsp3) is 0.0909. The average Bonchev–Trinajstić information content (AvgIpc) is 2.92. The molecule has 3 heterocycles. The normalized spacial score (nSPS) is 15.5. The lowest BCUT2D eigenvalue weighted by Gasteiger charge is -2.46. The van der Waals surface area contributed by atoms with Gasteiger partial charge in [-0.05, 0) is 61.4 Å². The molecule has 0 radical (unpaired) electrons. The van der Waals surface area contributed by atoms with Gasteiger partial charge in [0.25, 0.3) is 0 Å². The third-order valence-corrected chi connectivity index (χ3v) is 9.53. The summed E-state index contributed by atoms with van der Waals surface area (Å²) in [6.45, 7) is 4.22. The second kappa shape index (κ2) is 7.86. The maximum absolute atomic E-state index is 6.93. The van der Waals surface area contributed by atoms with E-state index < -0.39 is 13.8 Å². The third-order valence-electron chi connectivity index (χ3n) is 7.73. The number of ether oxygens (including phenoxy) is 2. The van der Waals surface area contributed by atoms with Crippen molar-refractivity contribution in [1.82, 2.24) is 0 Å². The largest absolute Gasteiger partial charge is 0.457 e. The van der Waals surface area contributed by atoms with E-state index in [0.717, 1.165) is 73.2 Å². The fourth-order valence-electron chi connectivity index (χ4n) is 6.24. The minimum atomic E-state index is -1.50. The molecule has 8 rings (SSSR count). The summed E-state index contributed by atoms with van der Waals surface area (Å²) in [5.74, 6) is 4.68. The quantitative estimate of drug-likeness (QED) is 0.207. The van der Waals surface area contributed by atoms with Crippen LogP contribution in [0.25, 0.3) is 0 Å². The minimum absolute atomic E-state index is 0.746. The lowest BCUT2D eigenvalue weighted by molar-refractivity contribution is 0.376. The number of para-hydroxylation sites is 2. The van der Waals surface area contributed by atoms with E-state index >= 15 is 0 Å². The highest BCUT2D eigenvalue weighted by molar-refractivity contribution is 7.57. The van der Waals surface area contributed by atoms with Crippen molar-refractivity contribution in [2.24, 2.45) is 0 Å². The number of fused-ring (bicyclic) bond motifs is 2. The molecule has 5 aromatic carbocycles. The minimum Gasteiger partial charge on any atom is -0.457 e. The Hall–Kier alpha value is -4.27. The van der Waals surface area contributed by atoms with Crippen LogP contribution in [0.2, 0.25) is 0 Å². The second-order valence-electron chi connectivity index (χ2n) is 9.89. The number of hydrogen-bond acceptors (Lipinski definition) is 4. The summed E-state index contributed by atoms with van der Waals surface area (Å²) < 4.78 is 27.0. The van der Waals surface area contributed by atoms with Crippen LogP contribution >= 0.6 is 8.38 Å². The van der Waals surface area contributed by atoms with Gasteiger partial charge < -0.3 is 18.5 Å². The first-order valence-electron chi connectivity index (χ1n) is 12.7. The molecule has 0 aromatic heterocycles. The molecule has 3 aliphatic rings. The summed E-state index contributed by atoms with van der Waals surface area (Å²) in [6, 6.07) is 34.9. The van der Waals surface area contributed by atoms with E-state index in [4.69, 9.17) is 18.5 Å². The first-order valence-corrected chi connectivity index (χ1v) is 13.9. The topological polar surface area (TPSA) is 36.9 Å². The smallest absolute Gasteiger partial charge is 0.326 e. The van der Waals surface area contributed by atoms with Crippen LogP contribution in [0.5, 0.6) is 34.5 Å². The molecule has 0 bridgehead atoms. The van der Waals surface area contributed by atoms with Gasteiger partial charge >= 0.3 is 8.38 Å². The maximum Gasteiger partial charge on any atom is 0.326 e. The van der Waals surface area contributed by atoms with Crippen molar-refractivity contribution in [2.75, 3.05) is 0 Å². The van der Waals surface area contributed by atoms with Crippen molar-refractivity contribution in [1.29, 1.82) is 0 Å². The van der Waals surface area contributed by atoms with Gasteiger partial charge in [-0.25, -0.2) is 0 Å². The van der Waals surface area contributed by atoms with Gasteiger partial charge in [-0.2, -0.15) is 0 Å². The molecule has 38 heavy (non-hydrogen) atoms. The van der Waals surface area contributed by atoms with Gasteiger partial charge in [-0.15, -0.1) is 0 Å². The molecule has 0 unspecified atom stereocenters. The first-order chi connectivity index (χ1) is 18.7. The summed E-state index contributed by atoms with van der Waals surface area (Å²) >= 11 is 0. The Morgan fingerprint density at radius 3 is 1.42 bits per heavy atom. The van der Waals surface area contributed by atoms with Gasteiger partial charge in [0.15, 0.2) is 0 Å². The fourth-order valence-corrected chi connectivity index (χ4v) is 7.85. The van der Waals surface area contributed by atoms with Crippen LogP contribution in [-0.4, -0.2) is 0 Å². The highest BCUT2D eigenvalue weighted by Crippen LogP contribution is 2.67. The predicted molar refractivity (Wildman–Crippen MR) is 149 cm³/mol. The van der Waals surface area contributed by atoms with Crippen LogP contribution in [0, 0.1) is 13.8 Å². The molecule has 0 amide bonds. The Kier molecular flexibility index (Phi) is 4.51. The SMILES string of the molecule is Cc1cccc(C)c1P1Oc2cccc3c2C2(c4ccccc4O3)c3ccccc3Oc3cccc(c32)O1. The molecule has 5 heteroatoms. The van der Waals surface area contributed by atoms with Gasteiger partial charge in [0, 0.05) is 11.1 Å². The molecular formula is C33H23O4P. The Morgan fingerprint density at radius 1 is 0.474 bits per heavy atom. The molecule has 184 valence electrons. The molecular weight excluding hydrogens is 491 g/mol. The molecule has 0 saturated heterocycles. The van der Waals surface area contributed by atoms with E-state index in [9.17, 15) is 0 Å². The van der Waals surface area contributed by atoms with Gasteiger partial charge in [0.05, 0.1) is 21.8 Å². The zero-order chi connectivity index (χ0) is 25.4. The zero-order valence-electron chi connectivity index (χ0n) is 20.9. The van der Waals surface area contributed by atoms with Crippen LogP contribution in [0.1, 0.15) is 33.4 Å². The van der Waals surface area contributed by atoms with Crippen LogP contribution in [0.15, 0.2) is 103 Å². The van der Waals surface area contributed by atoms with E-state index in [1.54, 1.807) is 0 Å². The molecule has 0 atom stereocenters. The van der Waals surface area contributed by atoms with Gasteiger partial charge in [-0.1, -0.05) is 66.7 Å². The molecule has 4 nitrogen and oxygen atoms in total. The Balaban J connectivity index is 1.54. The highest BCUT2D eigenvalue weighted by Gasteiger charge is 2.55.